The number of anilines is 1. The average molecular weight is 485 g/mol. The van der Waals surface area contributed by atoms with E-state index in [1.54, 1.807) is 31.5 Å². The Labute approximate surface area is 203 Å². The van der Waals surface area contributed by atoms with Crippen LogP contribution in [0.1, 0.15) is 64.2 Å². The number of aromatic nitrogens is 2. The molecule has 0 saturated heterocycles. The van der Waals surface area contributed by atoms with Crippen molar-refractivity contribution in [2.75, 3.05) is 5.32 Å². The molecule has 2 atom stereocenters. The number of amides is 2. The summed E-state index contributed by atoms with van der Waals surface area (Å²) in [6.07, 6.45) is 5.70. The van der Waals surface area contributed by atoms with Gasteiger partial charge in [0.05, 0.1) is 16.9 Å². The minimum Gasteiger partial charge on any atom is -0.390 e. The van der Waals surface area contributed by atoms with E-state index < -0.39 is 17.3 Å². The molecule has 4 aliphatic rings. The summed E-state index contributed by atoms with van der Waals surface area (Å²) in [6.45, 7) is 3.43. The molecule has 3 N–H and O–H groups in total. The van der Waals surface area contributed by atoms with Gasteiger partial charge in [-0.1, -0.05) is 11.6 Å². The maximum absolute atomic E-state index is 13.3. The van der Waals surface area contributed by atoms with Crippen LogP contribution in [0, 0.1) is 31.6 Å². The molecule has 2 unspecified atom stereocenters. The molecule has 4 fully saturated rings. The molecule has 180 valence electrons. The molecule has 2 amide bonds. The van der Waals surface area contributed by atoms with E-state index in [1.807, 2.05) is 0 Å². The molecule has 0 radical (unpaired) electrons. The summed E-state index contributed by atoms with van der Waals surface area (Å²) in [5, 5.41) is 16.8. The van der Waals surface area contributed by atoms with Crippen molar-refractivity contribution in [2.45, 2.75) is 57.6 Å². The maximum atomic E-state index is 13.3. The number of pyridine rings is 1. The Morgan fingerprint density at radius 3 is 2.47 bits per heavy atom. The van der Waals surface area contributed by atoms with Crippen LogP contribution in [-0.2, 0) is 11.8 Å². The molecule has 34 heavy (non-hydrogen) atoms. The molecule has 0 aliphatic heterocycles. The van der Waals surface area contributed by atoms with Crippen molar-refractivity contribution in [1.82, 2.24) is 14.9 Å². The standard InChI is InChI=1S/C25H29ClN4O4/c1-12-19(23(32)28-17-4-5-27-18(26)8-17)13(2)30(3)21(12)22(31)24(33)29-20-15-6-14-7-16(20)11-25(34,9-14)10-15/h4-5,8,14-16,20,34H,6-7,9-11H2,1-3H3,(H,29,33)(H,27,28,32)/t14?,15?,16?,20-,25-. The van der Waals surface area contributed by atoms with Gasteiger partial charge >= 0.3 is 0 Å². The average Bonchev–Trinajstić information content (AvgIpc) is 2.97. The smallest absolute Gasteiger partial charge is 0.294 e. The number of halogens is 1. The summed E-state index contributed by atoms with van der Waals surface area (Å²) < 4.78 is 1.60. The number of nitrogens with zero attached hydrogens (tertiary/aromatic N) is 2. The van der Waals surface area contributed by atoms with Crippen LogP contribution < -0.4 is 10.6 Å². The highest BCUT2D eigenvalue weighted by atomic mass is 35.5. The van der Waals surface area contributed by atoms with Gasteiger partial charge in [-0.2, -0.15) is 0 Å². The van der Waals surface area contributed by atoms with Gasteiger partial charge in [0.1, 0.15) is 5.15 Å². The van der Waals surface area contributed by atoms with E-state index in [0.29, 0.717) is 41.3 Å². The van der Waals surface area contributed by atoms with Gasteiger partial charge in [0, 0.05) is 30.7 Å². The van der Waals surface area contributed by atoms with Gasteiger partial charge in [0.15, 0.2) is 0 Å². The van der Waals surface area contributed by atoms with Gasteiger partial charge in [-0.3, -0.25) is 14.4 Å². The lowest BCUT2D eigenvalue weighted by Crippen LogP contribution is -2.62. The third kappa shape index (κ3) is 3.82. The van der Waals surface area contributed by atoms with E-state index in [0.717, 1.165) is 19.3 Å². The highest BCUT2D eigenvalue weighted by Gasteiger charge is 2.55. The predicted octanol–water partition coefficient (Wildman–Crippen LogP) is 3.18. The lowest BCUT2D eigenvalue weighted by atomic mass is 9.52. The van der Waals surface area contributed by atoms with Gasteiger partial charge in [-0.15, -0.1) is 0 Å². The number of hydrogen-bond donors (Lipinski definition) is 3. The molecular formula is C25H29ClN4O4. The van der Waals surface area contributed by atoms with Gasteiger partial charge in [0.25, 0.3) is 17.6 Å². The van der Waals surface area contributed by atoms with Crippen LogP contribution in [-0.4, -0.2) is 43.9 Å². The number of rotatable bonds is 5. The van der Waals surface area contributed by atoms with E-state index in [1.165, 1.54) is 12.3 Å². The van der Waals surface area contributed by atoms with Gasteiger partial charge in [-0.05, 0) is 81.4 Å². The van der Waals surface area contributed by atoms with E-state index >= 15 is 0 Å². The molecule has 4 aliphatic carbocycles. The maximum Gasteiger partial charge on any atom is 0.294 e. The highest BCUT2D eigenvalue weighted by molar-refractivity contribution is 6.43. The fourth-order valence-corrected chi connectivity index (χ4v) is 7.02. The number of ketones is 1. The SMILES string of the molecule is Cc1c(C(=O)Nc2ccnc(Cl)c2)c(C)n(C)c1C(=O)C(=O)N[C@H]1C2CC3CC1C[C@](O)(C3)C2. The Hall–Kier alpha value is -2.71. The van der Waals surface area contributed by atoms with Crippen LogP contribution >= 0.6 is 11.6 Å². The molecule has 0 aromatic carbocycles. The zero-order valence-electron chi connectivity index (χ0n) is 19.5. The highest BCUT2D eigenvalue weighted by Crippen LogP contribution is 2.55. The normalized spacial score (nSPS) is 29.2. The molecule has 0 spiro atoms. The monoisotopic (exact) mass is 484 g/mol. The van der Waals surface area contributed by atoms with Gasteiger partial charge < -0.3 is 20.3 Å². The van der Waals surface area contributed by atoms with Crippen LogP contribution in [0.15, 0.2) is 18.3 Å². The van der Waals surface area contributed by atoms with Crippen LogP contribution in [0.2, 0.25) is 5.15 Å². The van der Waals surface area contributed by atoms with Gasteiger partial charge in [0.2, 0.25) is 0 Å². The third-order valence-corrected chi connectivity index (χ3v) is 8.31. The van der Waals surface area contributed by atoms with E-state index in [9.17, 15) is 19.5 Å². The first-order chi connectivity index (χ1) is 16.1. The lowest BCUT2D eigenvalue weighted by Gasteiger charge is -2.58. The summed E-state index contributed by atoms with van der Waals surface area (Å²) in [4.78, 5) is 43.3. The Kier molecular flexibility index (Phi) is 5.56. The molecule has 6 rings (SSSR count). The zero-order valence-corrected chi connectivity index (χ0v) is 20.3. The lowest BCUT2D eigenvalue weighted by molar-refractivity contribution is -0.144. The third-order valence-electron chi connectivity index (χ3n) is 8.10. The first kappa shape index (κ1) is 23.1. The zero-order chi connectivity index (χ0) is 24.4. The number of nitrogens with one attached hydrogen (secondary N) is 2. The molecule has 8 nitrogen and oxygen atoms in total. The fraction of sp³-hybridized carbons (Fsp3) is 0.520. The van der Waals surface area contributed by atoms with Crippen LogP contribution in [0.25, 0.3) is 0 Å². The Morgan fingerprint density at radius 2 is 1.85 bits per heavy atom. The molecule has 4 bridgehead atoms. The number of aliphatic hydroxyl groups is 1. The number of hydrogen-bond acceptors (Lipinski definition) is 5. The fourth-order valence-electron chi connectivity index (χ4n) is 6.85. The number of carbonyl (C=O) groups is 3. The van der Waals surface area contributed by atoms with Crippen molar-refractivity contribution in [3.8, 4) is 0 Å². The van der Waals surface area contributed by atoms with E-state index in [-0.39, 0.29) is 34.6 Å². The molecule has 4 saturated carbocycles. The summed E-state index contributed by atoms with van der Waals surface area (Å²) in [6, 6.07) is 3.07. The first-order valence-electron chi connectivity index (χ1n) is 11.7. The van der Waals surface area contributed by atoms with Crippen molar-refractivity contribution < 1.29 is 19.5 Å². The first-order valence-corrected chi connectivity index (χ1v) is 12.1. The summed E-state index contributed by atoms with van der Waals surface area (Å²) in [5.41, 5.74) is 1.48. The Bertz CT molecular complexity index is 1190. The van der Waals surface area contributed by atoms with Crippen molar-refractivity contribution in [1.29, 1.82) is 0 Å². The van der Waals surface area contributed by atoms with Crippen molar-refractivity contribution in [2.24, 2.45) is 24.8 Å². The molecule has 2 aromatic heterocycles. The number of Topliss-reactive ketones (excluding diaryl/α,β-unsaturated/α-hetero) is 1. The summed E-state index contributed by atoms with van der Waals surface area (Å²) >= 11 is 5.91. The van der Waals surface area contributed by atoms with Crippen LogP contribution in [0.3, 0.4) is 0 Å². The van der Waals surface area contributed by atoms with Gasteiger partial charge in [-0.25, -0.2) is 4.98 Å². The van der Waals surface area contributed by atoms with E-state index in [2.05, 4.69) is 15.6 Å². The van der Waals surface area contributed by atoms with E-state index in [4.69, 9.17) is 11.6 Å². The summed E-state index contributed by atoms with van der Waals surface area (Å²) in [5.74, 6) is -0.764. The minimum absolute atomic E-state index is 0.0887. The largest absolute Gasteiger partial charge is 0.390 e. The Balaban J connectivity index is 1.35. The van der Waals surface area contributed by atoms with Crippen LogP contribution in [0.5, 0.6) is 0 Å². The molecule has 9 heteroatoms. The topological polar surface area (TPSA) is 113 Å². The van der Waals surface area contributed by atoms with Crippen molar-refractivity contribution in [3.05, 3.63) is 46.0 Å². The summed E-state index contributed by atoms with van der Waals surface area (Å²) in [7, 11) is 1.68. The quantitative estimate of drug-likeness (QED) is 0.342. The van der Waals surface area contributed by atoms with Crippen LogP contribution in [0.4, 0.5) is 5.69 Å². The van der Waals surface area contributed by atoms with Crippen molar-refractivity contribution in [3.63, 3.8) is 0 Å². The second-order valence-corrected chi connectivity index (χ2v) is 10.7. The molecule has 2 heterocycles. The molecule has 2 aromatic rings. The minimum atomic E-state index is -0.652. The number of carbonyl (C=O) groups excluding carboxylic acids is 3. The second kappa shape index (κ2) is 8.20. The van der Waals surface area contributed by atoms with Crippen molar-refractivity contribution >= 4 is 34.9 Å². The Morgan fingerprint density at radius 1 is 1.18 bits per heavy atom. The second-order valence-electron chi connectivity index (χ2n) is 10.3. The molecular weight excluding hydrogens is 456 g/mol. The predicted molar refractivity (Wildman–Crippen MR) is 127 cm³/mol.